The molecule has 1 aromatic heterocycles. The largest absolute Gasteiger partial charge is 0.464 e. The molecule has 0 fully saturated rings. The minimum absolute atomic E-state index is 0.197. The van der Waals surface area contributed by atoms with Crippen molar-refractivity contribution in [1.82, 2.24) is 4.57 Å². The number of esters is 1. The summed E-state index contributed by atoms with van der Waals surface area (Å²) >= 11 is 0. The molecule has 1 heterocycles. The lowest BCUT2D eigenvalue weighted by molar-refractivity contribution is -0.144. The van der Waals surface area contributed by atoms with Crippen molar-refractivity contribution in [2.45, 2.75) is 32.9 Å². The molecule has 0 unspecified atom stereocenters. The van der Waals surface area contributed by atoms with Crippen molar-refractivity contribution in [2.24, 2.45) is 5.73 Å². The van der Waals surface area contributed by atoms with E-state index in [2.05, 4.69) is 6.92 Å². The van der Waals surface area contributed by atoms with Crippen LogP contribution in [0.4, 0.5) is 0 Å². The molecule has 0 saturated heterocycles. The first-order valence-corrected chi connectivity index (χ1v) is 6.68. The topological polar surface area (TPSA) is 57.2 Å². The van der Waals surface area contributed by atoms with Gasteiger partial charge in [-0.1, -0.05) is 31.5 Å². The Morgan fingerprint density at radius 1 is 1.37 bits per heavy atom. The third kappa shape index (κ3) is 3.15. The molecule has 0 aliphatic heterocycles. The number of ether oxygens (including phenoxy) is 1. The van der Waals surface area contributed by atoms with Crippen LogP contribution in [0.25, 0.3) is 10.9 Å². The molecule has 19 heavy (non-hydrogen) atoms. The quantitative estimate of drug-likeness (QED) is 0.641. The Morgan fingerprint density at radius 3 is 2.95 bits per heavy atom. The van der Waals surface area contributed by atoms with Crippen LogP contribution >= 0.6 is 0 Å². The maximum absolute atomic E-state index is 11.8. The number of hydrogen-bond acceptors (Lipinski definition) is 3. The monoisotopic (exact) mass is 260 g/mol. The van der Waals surface area contributed by atoms with Gasteiger partial charge >= 0.3 is 5.97 Å². The van der Waals surface area contributed by atoms with E-state index in [4.69, 9.17) is 10.5 Å². The van der Waals surface area contributed by atoms with Crippen molar-refractivity contribution in [3.05, 3.63) is 36.0 Å². The minimum Gasteiger partial charge on any atom is -0.464 e. The Labute approximate surface area is 113 Å². The summed E-state index contributed by atoms with van der Waals surface area (Å²) in [5.74, 6) is -0.197. The van der Waals surface area contributed by atoms with Gasteiger partial charge in [0.25, 0.3) is 0 Å². The van der Waals surface area contributed by atoms with E-state index in [0.717, 1.165) is 29.3 Å². The van der Waals surface area contributed by atoms with Crippen molar-refractivity contribution in [3.63, 3.8) is 0 Å². The van der Waals surface area contributed by atoms with Crippen LogP contribution in [0.3, 0.4) is 0 Å². The first-order chi connectivity index (χ1) is 9.26. The van der Waals surface area contributed by atoms with Crippen LogP contribution in [0.5, 0.6) is 0 Å². The van der Waals surface area contributed by atoms with Crippen LogP contribution in [-0.2, 0) is 22.6 Å². The summed E-state index contributed by atoms with van der Waals surface area (Å²) in [6.07, 6.45) is 3.84. The Kier molecular flexibility index (Phi) is 4.58. The zero-order chi connectivity index (χ0) is 13.7. The lowest BCUT2D eigenvalue weighted by Gasteiger charge is -2.09. The number of fused-ring (bicyclic) bond motifs is 1. The van der Waals surface area contributed by atoms with Gasteiger partial charge in [-0.05, 0) is 23.4 Å². The Balaban J connectivity index is 2.14. The van der Waals surface area contributed by atoms with Crippen molar-refractivity contribution >= 4 is 16.9 Å². The van der Waals surface area contributed by atoms with E-state index in [-0.39, 0.29) is 12.5 Å². The number of unbranched alkanes of at least 4 members (excludes halogenated alkanes) is 1. The van der Waals surface area contributed by atoms with Crippen molar-refractivity contribution in [1.29, 1.82) is 0 Å². The molecule has 0 bridgehead atoms. The maximum Gasteiger partial charge on any atom is 0.325 e. The summed E-state index contributed by atoms with van der Waals surface area (Å²) in [5, 5.41) is 1.10. The first kappa shape index (κ1) is 13.6. The van der Waals surface area contributed by atoms with Crippen molar-refractivity contribution in [3.8, 4) is 0 Å². The van der Waals surface area contributed by atoms with Crippen LogP contribution in [-0.4, -0.2) is 17.1 Å². The Hall–Kier alpha value is -1.81. The van der Waals surface area contributed by atoms with Crippen LogP contribution in [0.15, 0.2) is 30.5 Å². The Morgan fingerprint density at radius 2 is 2.21 bits per heavy atom. The number of nitrogens with zero attached hydrogens (tertiary/aromatic N) is 1. The number of rotatable bonds is 6. The lowest BCUT2D eigenvalue weighted by Crippen LogP contribution is -2.14. The molecule has 2 N–H and O–H groups in total. The van der Waals surface area contributed by atoms with Gasteiger partial charge in [-0.25, -0.2) is 0 Å². The molecule has 0 saturated carbocycles. The lowest BCUT2D eigenvalue weighted by atomic mass is 10.1. The second kappa shape index (κ2) is 6.38. The second-order valence-corrected chi connectivity index (χ2v) is 4.58. The molecule has 0 amide bonds. The minimum atomic E-state index is -0.197. The summed E-state index contributed by atoms with van der Waals surface area (Å²) in [6.45, 7) is 3.27. The molecule has 102 valence electrons. The second-order valence-electron chi connectivity index (χ2n) is 4.58. The molecule has 2 rings (SSSR count). The van der Waals surface area contributed by atoms with Crippen LogP contribution < -0.4 is 5.73 Å². The average Bonchev–Trinajstić information content (AvgIpc) is 2.82. The zero-order valence-corrected chi connectivity index (χ0v) is 11.3. The van der Waals surface area contributed by atoms with E-state index in [0.29, 0.717) is 13.2 Å². The van der Waals surface area contributed by atoms with Crippen molar-refractivity contribution < 1.29 is 9.53 Å². The molecule has 4 heteroatoms. The highest BCUT2D eigenvalue weighted by molar-refractivity contribution is 5.84. The number of hydrogen-bond donors (Lipinski definition) is 1. The fraction of sp³-hybridized carbons (Fsp3) is 0.400. The highest BCUT2D eigenvalue weighted by Crippen LogP contribution is 2.20. The van der Waals surface area contributed by atoms with Crippen LogP contribution in [0, 0.1) is 0 Å². The summed E-state index contributed by atoms with van der Waals surface area (Å²) < 4.78 is 7.10. The van der Waals surface area contributed by atoms with E-state index in [9.17, 15) is 4.79 Å². The van der Waals surface area contributed by atoms with Gasteiger partial charge in [0.05, 0.1) is 12.1 Å². The van der Waals surface area contributed by atoms with E-state index < -0.39 is 0 Å². The smallest absolute Gasteiger partial charge is 0.325 e. The van der Waals surface area contributed by atoms with Gasteiger partial charge in [0, 0.05) is 12.7 Å². The number of aromatic nitrogens is 1. The summed E-state index contributed by atoms with van der Waals surface area (Å²) in [4.78, 5) is 11.8. The van der Waals surface area contributed by atoms with Crippen LogP contribution in [0.2, 0.25) is 0 Å². The third-order valence-corrected chi connectivity index (χ3v) is 3.15. The van der Waals surface area contributed by atoms with E-state index in [1.807, 2.05) is 35.0 Å². The summed E-state index contributed by atoms with van der Waals surface area (Å²) in [6, 6.07) is 7.98. The van der Waals surface area contributed by atoms with Gasteiger partial charge in [0.15, 0.2) is 0 Å². The summed E-state index contributed by atoms with van der Waals surface area (Å²) in [5.41, 5.74) is 7.81. The molecule has 0 radical (unpaired) electrons. The van der Waals surface area contributed by atoms with Gasteiger partial charge in [-0.2, -0.15) is 0 Å². The number of benzene rings is 1. The van der Waals surface area contributed by atoms with Gasteiger partial charge in [-0.15, -0.1) is 0 Å². The van der Waals surface area contributed by atoms with E-state index in [1.54, 1.807) is 0 Å². The molecule has 0 aliphatic rings. The molecular weight excluding hydrogens is 240 g/mol. The third-order valence-electron chi connectivity index (χ3n) is 3.15. The molecule has 1 aromatic carbocycles. The van der Waals surface area contributed by atoms with Crippen LogP contribution in [0.1, 0.15) is 25.3 Å². The highest BCUT2D eigenvalue weighted by atomic mass is 16.5. The zero-order valence-electron chi connectivity index (χ0n) is 11.3. The van der Waals surface area contributed by atoms with Gasteiger partial charge in [0.1, 0.15) is 6.54 Å². The predicted octanol–water partition coefficient (Wildman–Crippen LogP) is 2.44. The maximum atomic E-state index is 11.8. The fourth-order valence-corrected chi connectivity index (χ4v) is 2.15. The fourth-order valence-electron chi connectivity index (χ4n) is 2.15. The molecule has 0 aliphatic carbocycles. The van der Waals surface area contributed by atoms with E-state index >= 15 is 0 Å². The van der Waals surface area contributed by atoms with E-state index in [1.165, 1.54) is 0 Å². The van der Waals surface area contributed by atoms with Gasteiger partial charge in [0.2, 0.25) is 0 Å². The standard InChI is InChI=1S/C15H20N2O2/c1-2-3-9-19-14(18)11-17-8-7-12-5-4-6-13(10-16)15(12)17/h4-8H,2-3,9-11,16H2,1H3. The number of nitrogens with two attached hydrogens (primary N) is 1. The SMILES string of the molecule is CCCCOC(=O)Cn1ccc2cccc(CN)c21. The molecule has 2 aromatic rings. The van der Waals surface area contributed by atoms with Crippen molar-refractivity contribution in [2.75, 3.05) is 6.61 Å². The average molecular weight is 260 g/mol. The molecule has 4 nitrogen and oxygen atoms in total. The highest BCUT2D eigenvalue weighted by Gasteiger charge is 2.09. The number of carbonyl (C=O) groups is 1. The predicted molar refractivity (Wildman–Crippen MR) is 75.7 cm³/mol. The summed E-state index contributed by atoms with van der Waals surface area (Å²) in [7, 11) is 0. The molecular formula is C15H20N2O2. The van der Waals surface area contributed by atoms with Gasteiger partial charge in [-0.3, -0.25) is 4.79 Å². The normalized spacial score (nSPS) is 10.8. The molecule has 0 atom stereocenters. The Bertz CT molecular complexity index is 560. The van der Waals surface area contributed by atoms with Gasteiger partial charge < -0.3 is 15.0 Å². The molecule has 0 spiro atoms. The number of para-hydroxylation sites is 1. The first-order valence-electron chi connectivity index (χ1n) is 6.68. The number of carbonyl (C=O) groups excluding carboxylic acids is 1.